The Bertz CT molecular complexity index is 1040. The summed E-state index contributed by atoms with van der Waals surface area (Å²) in [7, 11) is 0. The fourth-order valence-corrected chi connectivity index (χ4v) is 5.28. The molecule has 4 aromatic rings. The fraction of sp³-hybridized carbons (Fsp3) is 0.143. The van der Waals surface area contributed by atoms with Gasteiger partial charge in [0.05, 0.1) is 0 Å². The minimum atomic E-state index is 0.724. The molecule has 0 saturated carbocycles. The van der Waals surface area contributed by atoms with Crippen LogP contribution in [0.15, 0.2) is 97.1 Å². The summed E-state index contributed by atoms with van der Waals surface area (Å²) >= 11 is 25.4. The minimum absolute atomic E-state index is 0.724. The average Bonchev–Trinajstić information content (AvgIpc) is 2.73. The Morgan fingerprint density at radius 1 is 0.394 bits per heavy atom. The Kier molecular flexibility index (Phi) is 8.01. The van der Waals surface area contributed by atoms with Crippen molar-refractivity contribution in [1.29, 1.82) is 0 Å². The highest BCUT2D eigenvalue weighted by atomic mass is 35.5. The van der Waals surface area contributed by atoms with E-state index in [-0.39, 0.29) is 0 Å². The molecule has 0 fully saturated rings. The number of hydrogen-bond donors (Lipinski definition) is 0. The molecule has 0 N–H and O–H groups in total. The van der Waals surface area contributed by atoms with Crippen molar-refractivity contribution in [2.24, 2.45) is 0 Å². The summed E-state index contributed by atoms with van der Waals surface area (Å²) in [6.45, 7) is 3.14. The average molecular weight is 516 g/mol. The predicted octanol–water partition coefficient (Wildman–Crippen LogP) is 9.22. The molecular formula is C28H24Cl4N+. The van der Waals surface area contributed by atoms with Crippen LogP contribution in [0.25, 0.3) is 0 Å². The maximum absolute atomic E-state index is 6.36. The Labute approximate surface area is 215 Å². The summed E-state index contributed by atoms with van der Waals surface area (Å²) in [6.07, 6.45) is 0. The molecule has 4 rings (SSSR count). The first-order valence-corrected chi connectivity index (χ1v) is 12.2. The number of quaternary nitrogens is 1. The zero-order valence-corrected chi connectivity index (χ0v) is 21.0. The zero-order valence-electron chi connectivity index (χ0n) is 18.0. The highest BCUT2D eigenvalue weighted by Crippen LogP contribution is 2.30. The number of nitrogens with zero attached hydrogens (tertiary/aromatic N) is 1. The van der Waals surface area contributed by atoms with Crippen LogP contribution in [0.4, 0.5) is 0 Å². The normalized spacial score (nSPS) is 11.5. The van der Waals surface area contributed by atoms with Gasteiger partial charge < -0.3 is 4.48 Å². The van der Waals surface area contributed by atoms with E-state index in [1.807, 2.05) is 72.8 Å². The molecule has 0 aliphatic carbocycles. The molecular weight excluding hydrogens is 492 g/mol. The summed E-state index contributed by atoms with van der Waals surface area (Å²) in [4.78, 5) is 0. The molecule has 0 radical (unpaired) electrons. The molecule has 33 heavy (non-hydrogen) atoms. The van der Waals surface area contributed by atoms with Gasteiger partial charge >= 0.3 is 0 Å². The van der Waals surface area contributed by atoms with Crippen LogP contribution in [0.2, 0.25) is 20.1 Å². The van der Waals surface area contributed by atoms with Crippen molar-refractivity contribution < 1.29 is 4.48 Å². The largest absolute Gasteiger partial charge is 0.309 e. The van der Waals surface area contributed by atoms with Gasteiger partial charge in [0.25, 0.3) is 0 Å². The molecule has 0 bridgehead atoms. The van der Waals surface area contributed by atoms with E-state index in [0.29, 0.717) is 0 Å². The van der Waals surface area contributed by atoms with Crippen molar-refractivity contribution in [2.45, 2.75) is 26.2 Å². The van der Waals surface area contributed by atoms with Crippen molar-refractivity contribution >= 4 is 46.4 Å². The first kappa shape index (κ1) is 24.1. The van der Waals surface area contributed by atoms with Gasteiger partial charge in [-0.3, -0.25) is 0 Å². The van der Waals surface area contributed by atoms with Crippen molar-refractivity contribution in [1.82, 2.24) is 0 Å². The van der Waals surface area contributed by atoms with Gasteiger partial charge in [-0.05, 0) is 48.5 Å². The Morgan fingerprint density at radius 3 is 0.848 bits per heavy atom. The van der Waals surface area contributed by atoms with Gasteiger partial charge in [0.15, 0.2) is 0 Å². The Morgan fingerprint density at radius 2 is 0.636 bits per heavy atom. The monoisotopic (exact) mass is 514 g/mol. The predicted molar refractivity (Wildman–Crippen MR) is 141 cm³/mol. The van der Waals surface area contributed by atoms with Crippen LogP contribution in [0, 0.1) is 0 Å². The molecule has 5 heteroatoms. The molecule has 0 spiro atoms. The first-order chi connectivity index (χ1) is 15.9. The zero-order chi connectivity index (χ0) is 23.3. The summed E-state index contributed by atoms with van der Waals surface area (Å²) in [5, 5.41) is 2.94. The summed E-state index contributed by atoms with van der Waals surface area (Å²) in [5.41, 5.74) is 4.70. The van der Waals surface area contributed by atoms with E-state index in [1.54, 1.807) is 0 Å². The van der Waals surface area contributed by atoms with E-state index >= 15 is 0 Å². The van der Waals surface area contributed by atoms with Crippen LogP contribution in [-0.2, 0) is 26.2 Å². The second-order valence-electron chi connectivity index (χ2n) is 8.49. The van der Waals surface area contributed by atoms with Gasteiger partial charge in [-0.1, -0.05) is 94.9 Å². The molecule has 0 aliphatic heterocycles. The molecule has 0 atom stereocenters. The van der Waals surface area contributed by atoms with Gasteiger partial charge in [-0.15, -0.1) is 0 Å². The van der Waals surface area contributed by atoms with E-state index in [1.165, 1.54) is 22.3 Å². The van der Waals surface area contributed by atoms with Crippen molar-refractivity contribution in [3.63, 3.8) is 0 Å². The Balaban J connectivity index is 1.81. The van der Waals surface area contributed by atoms with E-state index in [0.717, 1.165) is 50.8 Å². The fourth-order valence-electron chi connectivity index (χ4n) is 4.43. The summed E-state index contributed by atoms with van der Waals surface area (Å²) in [5.74, 6) is 0. The van der Waals surface area contributed by atoms with Gasteiger partial charge in [0, 0.05) is 42.3 Å². The van der Waals surface area contributed by atoms with Crippen LogP contribution >= 0.6 is 46.4 Å². The van der Waals surface area contributed by atoms with Gasteiger partial charge in [-0.25, -0.2) is 0 Å². The quantitative estimate of drug-likeness (QED) is 0.205. The van der Waals surface area contributed by atoms with Crippen LogP contribution < -0.4 is 0 Å². The maximum Gasteiger partial charge on any atom is 0.105 e. The molecule has 0 aliphatic rings. The molecule has 0 amide bonds. The van der Waals surface area contributed by atoms with Gasteiger partial charge in [-0.2, -0.15) is 0 Å². The van der Waals surface area contributed by atoms with Crippen LogP contribution in [-0.4, -0.2) is 4.48 Å². The lowest BCUT2D eigenvalue weighted by molar-refractivity contribution is -0.978. The topological polar surface area (TPSA) is 0 Å². The second kappa shape index (κ2) is 11.0. The van der Waals surface area contributed by atoms with Gasteiger partial charge in [0.2, 0.25) is 0 Å². The van der Waals surface area contributed by atoms with E-state index in [9.17, 15) is 0 Å². The second-order valence-corrected chi connectivity index (χ2v) is 10.2. The van der Waals surface area contributed by atoms with E-state index < -0.39 is 0 Å². The molecule has 0 unspecified atom stereocenters. The van der Waals surface area contributed by atoms with Crippen LogP contribution in [0.5, 0.6) is 0 Å². The third-order valence-electron chi connectivity index (χ3n) is 5.63. The lowest BCUT2D eigenvalue weighted by Crippen LogP contribution is -2.45. The SMILES string of the molecule is Clc1cccc(C[N+](Cc2cccc(Cl)c2)(Cc2cccc(Cl)c2)Cc2cccc(Cl)c2)c1. The number of benzene rings is 4. The van der Waals surface area contributed by atoms with Crippen LogP contribution in [0.1, 0.15) is 22.3 Å². The lowest BCUT2D eigenvalue weighted by Gasteiger charge is -2.39. The third kappa shape index (κ3) is 6.99. The maximum atomic E-state index is 6.36. The first-order valence-electron chi connectivity index (χ1n) is 10.7. The molecule has 0 aromatic heterocycles. The molecule has 1 nitrogen and oxygen atoms in total. The third-order valence-corrected chi connectivity index (χ3v) is 6.57. The van der Waals surface area contributed by atoms with Crippen molar-refractivity contribution in [2.75, 3.05) is 0 Å². The smallest absolute Gasteiger partial charge is 0.105 e. The summed E-state index contributed by atoms with van der Waals surface area (Å²) < 4.78 is 0.724. The minimum Gasteiger partial charge on any atom is -0.309 e. The standard InChI is InChI=1S/C28H24Cl4N/c29-25-9-1-5-21(13-25)17-33(18-22-6-2-10-26(30)14-22,19-23-7-3-11-27(31)15-23)20-24-8-4-12-28(32)16-24/h1-16H,17-20H2/q+1. The molecule has 0 heterocycles. The van der Waals surface area contributed by atoms with Crippen LogP contribution in [0.3, 0.4) is 0 Å². The van der Waals surface area contributed by atoms with Gasteiger partial charge in [0.1, 0.15) is 26.2 Å². The number of halogens is 4. The molecule has 168 valence electrons. The lowest BCUT2D eigenvalue weighted by atomic mass is 10.0. The summed E-state index contributed by atoms with van der Waals surface area (Å²) in [6, 6.07) is 32.4. The van der Waals surface area contributed by atoms with Crippen molar-refractivity contribution in [3.05, 3.63) is 139 Å². The van der Waals surface area contributed by atoms with Crippen molar-refractivity contribution in [3.8, 4) is 0 Å². The number of rotatable bonds is 8. The highest BCUT2D eigenvalue weighted by molar-refractivity contribution is 6.31. The van der Waals surface area contributed by atoms with E-state index in [2.05, 4.69) is 24.3 Å². The van der Waals surface area contributed by atoms with E-state index in [4.69, 9.17) is 46.4 Å². The number of hydrogen-bond acceptors (Lipinski definition) is 0. The molecule has 4 aromatic carbocycles. The molecule has 0 saturated heterocycles. The highest BCUT2D eigenvalue weighted by Gasteiger charge is 2.30. The Hall–Kier alpha value is -2.00.